The first-order chi connectivity index (χ1) is 8.49. The lowest BCUT2D eigenvalue weighted by atomic mass is 10.1. The van der Waals surface area contributed by atoms with E-state index in [0.29, 0.717) is 21.3 Å². The zero-order valence-corrected chi connectivity index (χ0v) is 11.1. The number of rotatable bonds is 2. The lowest BCUT2D eigenvalue weighted by molar-refractivity contribution is 0.0697. The van der Waals surface area contributed by atoms with Crippen molar-refractivity contribution in [3.8, 4) is 11.3 Å². The molecule has 92 valence electrons. The number of halogens is 3. The van der Waals surface area contributed by atoms with Crippen LogP contribution in [-0.2, 0) is 0 Å². The van der Waals surface area contributed by atoms with Crippen LogP contribution >= 0.6 is 34.8 Å². The standard InChI is InChI=1S/C12H6Cl3NO2/c13-7-4-10(15)11(16-5-7)8-2-1-6(12(17)18)3-9(8)14/h1-5H,(H,17,18). The molecule has 0 saturated carbocycles. The molecule has 2 rings (SSSR count). The Morgan fingerprint density at radius 3 is 2.39 bits per heavy atom. The third-order valence-corrected chi connectivity index (χ3v) is 3.09. The van der Waals surface area contributed by atoms with E-state index in [1.54, 1.807) is 12.1 Å². The highest BCUT2D eigenvalue weighted by Crippen LogP contribution is 2.33. The van der Waals surface area contributed by atoms with Crippen molar-refractivity contribution >= 4 is 40.8 Å². The van der Waals surface area contributed by atoms with Gasteiger partial charge in [-0.15, -0.1) is 0 Å². The molecule has 0 aliphatic rings. The molecule has 0 amide bonds. The number of aromatic nitrogens is 1. The first-order valence-electron chi connectivity index (χ1n) is 4.83. The Kier molecular flexibility index (Phi) is 3.76. The summed E-state index contributed by atoms with van der Waals surface area (Å²) >= 11 is 17.8. The van der Waals surface area contributed by atoms with Crippen LogP contribution in [0, 0.1) is 0 Å². The van der Waals surface area contributed by atoms with E-state index in [0.717, 1.165) is 0 Å². The summed E-state index contributed by atoms with van der Waals surface area (Å²) in [5.41, 5.74) is 1.13. The predicted molar refractivity (Wildman–Crippen MR) is 71.7 cm³/mol. The molecule has 0 fully saturated rings. The Hall–Kier alpha value is -1.29. The topological polar surface area (TPSA) is 50.2 Å². The van der Waals surface area contributed by atoms with Gasteiger partial charge in [0, 0.05) is 11.8 Å². The normalized spacial score (nSPS) is 10.4. The second-order valence-corrected chi connectivity index (χ2v) is 4.73. The van der Waals surface area contributed by atoms with E-state index in [-0.39, 0.29) is 10.6 Å². The summed E-state index contributed by atoms with van der Waals surface area (Å²) in [6.07, 6.45) is 1.45. The molecule has 0 unspecified atom stereocenters. The Morgan fingerprint density at radius 2 is 1.83 bits per heavy atom. The van der Waals surface area contributed by atoms with Crippen molar-refractivity contribution in [1.82, 2.24) is 4.98 Å². The SMILES string of the molecule is O=C(O)c1ccc(-c2ncc(Cl)cc2Cl)c(Cl)c1. The van der Waals surface area contributed by atoms with Gasteiger partial charge in [-0.05, 0) is 18.2 Å². The van der Waals surface area contributed by atoms with Gasteiger partial charge in [0.25, 0.3) is 0 Å². The molecule has 0 aliphatic carbocycles. The molecular weight excluding hydrogens is 296 g/mol. The summed E-state index contributed by atoms with van der Waals surface area (Å²) in [5, 5.41) is 9.89. The van der Waals surface area contributed by atoms with Gasteiger partial charge >= 0.3 is 5.97 Å². The third kappa shape index (κ3) is 2.58. The van der Waals surface area contributed by atoms with Gasteiger partial charge in [-0.25, -0.2) is 4.79 Å². The molecule has 0 radical (unpaired) electrons. The van der Waals surface area contributed by atoms with Crippen LogP contribution in [0.4, 0.5) is 0 Å². The van der Waals surface area contributed by atoms with Crippen molar-refractivity contribution in [1.29, 1.82) is 0 Å². The summed E-state index contributed by atoms with van der Waals surface area (Å²) in [4.78, 5) is 14.9. The molecule has 1 aromatic carbocycles. The second-order valence-electron chi connectivity index (χ2n) is 3.48. The molecule has 6 heteroatoms. The number of nitrogens with zero attached hydrogens (tertiary/aromatic N) is 1. The van der Waals surface area contributed by atoms with E-state index in [9.17, 15) is 4.79 Å². The van der Waals surface area contributed by atoms with Crippen molar-refractivity contribution in [2.75, 3.05) is 0 Å². The van der Waals surface area contributed by atoms with Crippen molar-refractivity contribution in [2.24, 2.45) is 0 Å². The molecule has 18 heavy (non-hydrogen) atoms. The molecule has 0 spiro atoms. The quantitative estimate of drug-likeness (QED) is 0.894. The number of hydrogen-bond acceptors (Lipinski definition) is 2. The summed E-state index contributed by atoms with van der Waals surface area (Å²) in [6, 6.07) is 5.91. The maximum absolute atomic E-state index is 10.8. The fraction of sp³-hybridized carbons (Fsp3) is 0. The van der Waals surface area contributed by atoms with E-state index >= 15 is 0 Å². The lowest BCUT2D eigenvalue weighted by Gasteiger charge is -2.07. The van der Waals surface area contributed by atoms with Crippen LogP contribution in [0.25, 0.3) is 11.3 Å². The van der Waals surface area contributed by atoms with E-state index in [4.69, 9.17) is 39.9 Å². The Labute approximate surface area is 118 Å². The summed E-state index contributed by atoms with van der Waals surface area (Å²) in [7, 11) is 0. The maximum Gasteiger partial charge on any atom is 0.335 e. The number of pyridine rings is 1. The molecule has 1 heterocycles. The highest BCUT2D eigenvalue weighted by molar-refractivity contribution is 6.37. The van der Waals surface area contributed by atoms with E-state index in [1.165, 1.54) is 18.3 Å². The van der Waals surface area contributed by atoms with Crippen molar-refractivity contribution in [3.63, 3.8) is 0 Å². The molecule has 0 aliphatic heterocycles. The van der Waals surface area contributed by atoms with E-state index < -0.39 is 5.97 Å². The monoisotopic (exact) mass is 301 g/mol. The first-order valence-corrected chi connectivity index (χ1v) is 5.96. The number of carbonyl (C=O) groups is 1. The highest BCUT2D eigenvalue weighted by atomic mass is 35.5. The molecule has 1 N–H and O–H groups in total. The smallest absolute Gasteiger partial charge is 0.335 e. The maximum atomic E-state index is 10.8. The van der Waals surface area contributed by atoms with E-state index in [1.807, 2.05) is 0 Å². The third-order valence-electron chi connectivity index (χ3n) is 2.28. The fourth-order valence-electron chi connectivity index (χ4n) is 1.45. The van der Waals surface area contributed by atoms with Gasteiger partial charge in [0.1, 0.15) is 0 Å². The lowest BCUT2D eigenvalue weighted by Crippen LogP contribution is -1.96. The van der Waals surface area contributed by atoms with Crippen molar-refractivity contribution < 1.29 is 9.90 Å². The van der Waals surface area contributed by atoms with Gasteiger partial charge in [-0.1, -0.05) is 40.9 Å². The van der Waals surface area contributed by atoms with Crippen LogP contribution in [0.5, 0.6) is 0 Å². The van der Waals surface area contributed by atoms with Crippen LogP contribution in [0.2, 0.25) is 15.1 Å². The van der Waals surface area contributed by atoms with Gasteiger partial charge in [0.15, 0.2) is 0 Å². The largest absolute Gasteiger partial charge is 0.478 e. The number of carboxylic acids is 1. The van der Waals surface area contributed by atoms with Gasteiger partial charge in [0.2, 0.25) is 0 Å². The first kappa shape index (κ1) is 13.1. The van der Waals surface area contributed by atoms with E-state index in [2.05, 4.69) is 4.98 Å². The van der Waals surface area contributed by atoms with Crippen LogP contribution in [0.1, 0.15) is 10.4 Å². The predicted octanol–water partition coefficient (Wildman–Crippen LogP) is 4.41. The Bertz CT molecular complexity index is 629. The Balaban J connectivity index is 2.54. The summed E-state index contributed by atoms with van der Waals surface area (Å²) in [5.74, 6) is -1.04. The van der Waals surface area contributed by atoms with Crippen LogP contribution in [0.15, 0.2) is 30.5 Å². The molecule has 1 aromatic heterocycles. The number of benzene rings is 1. The van der Waals surface area contributed by atoms with Gasteiger partial charge in [-0.2, -0.15) is 0 Å². The zero-order valence-electron chi connectivity index (χ0n) is 8.82. The number of carboxylic acid groups (broad SMARTS) is 1. The molecule has 3 nitrogen and oxygen atoms in total. The van der Waals surface area contributed by atoms with Crippen LogP contribution < -0.4 is 0 Å². The van der Waals surface area contributed by atoms with Gasteiger partial charge in [0.05, 0.1) is 26.3 Å². The minimum Gasteiger partial charge on any atom is -0.478 e. The average Bonchev–Trinajstić information content (AvgIpc) is 2.30. The Morgan fingerprint density at radius 1 is 1.11 bits per heavy atom. The fourth-order valence-corrected chi connectivity index (χ4v) is 2.20. The summed E-state index contributed by atoms with van der Waals surface area (Å²) in [6.45, 7) is 0. The number of hydrogen-bond donors (Lipinski definition) is 1. The number of aromatic carboxylic acids is 1. The van der Waals surface area contributed by atoms with Crippen molar-refractivity contribution in [3.05, 3.63) is 51.1 Å². The molecular formula is C12H6Cl3NO2. The molecule has 0 saturated heterocycles. The second kappa shape index (κ2) is 5.14. The zero-order chi connectivity index (χ0) is 13.3. The average molecular weight is 303 g/mol. The molecule has 2 aromatic rings. The van der Waals surface area contributed by atoms with Crippen LogP contribution in [-0.4, -0.2) is 16.1 Å². The van der Waals surface area contributed by atoms with Gasteiger partial charge < -0.3 is 5.11 Å². The van der Waals surface area contributed by atoms with Gasteiger partial charge in [-0.3, -0.25) is 4.98 Å². The molecule has 0 bridgehead atoms. The summed E-state index contributed by atoms with van der Waals surface area (Å²) < 4.78 is 0. The minimum absolute atomic E-state index is 0.105. The highest BCUT2D eigenvalue weighted by Gasteiger charge is 2.12. The molecule has 0 atom stereocenters. The van der Waals surface area contributed by atoms with Crippen LogP contribution in [0.3, 0.4) is 0 Å². The minimum atomic E-state index is -1.04. The van der Waals surface area contributed by atoms with Crippen molar-refractivity contribution in [2.45, 2.75) is 0 Å².